The second kappa shape index (κ2) is 8.53. The van der Waals surface area contributed by atoms with E-state index < -0.39 is 0 Å². The van der Waals surface area contributed by atoms with Crippen molar-refractivity contribution >= 4 is 28.6 Å². The number of pyridine rings is 1. The molecule has 1 aliphatic rings. The summed E-state index contributed by atoms with van der Waals surface area (Å²) in [6.45, 7) is 9.77. The van der Waals surface area contributed by atoms with E-state index in [-0.39, 0.29) is 0 Å². The van der Waals surface area contributed by atoms with Crippen LogP contribution in [0, 0.1) is 13.8 Å². The first kappa shape index (κ1) is 20.5. The molecule has 1 N–H and O–H groups in total. The number of fused-ring (bicyclic) bond motifs is 1. The van der Waals surface area contributed by atoms with Crippen molar-refractivity contribution in [1.29, 1.82) is 0 Å². The van der Waals surface area contributed by atoms with E-state index in [9.17, 15) is 0 Å². The van der Waals surface area contributed by atoms with Crippen LogP contribution in [0.2, 0.25) is 0 Å². The van der Waals surface area contributed by atoms with Crippen LogP contribution in [0.3, 0.4) is 0 Å². The lowest BCUT2D eigenvalue weighted by molar-refractivity contribution is 0.137. The lowest BCUT2D eigenvalue weighted by Gasteiger charge is -2.42. The average Bonchev–Trinajstić information content (AvgIpc) is 2.97. The molecule has 0 bridgehead atoms. The molecule has 1 fully saturated rings. The minimum absolute atomic E-state index is 0.522. The Labute approximate surface area is 177 Å². The maximum atomic E-state index is 5.54. The molecule has 0 atom stereocenters. The first-order valence-electron chi connectivity index (χ1n) is 10.4. The van der Waals surface area contributed by atoms with Gasteiger partial charge in [0.05, 0.1) is 18.8 Å². The van der Waals surface area contributed by atoms with Gasteiger partial charge in [-0.05, 0) is 52.6 Å². The lowest BCUT2D eigenvalue weighted by Crippen LogP contribution is -2.58. The fraction of sp³-hybridized carbons (Fsp3) is 0.524. The highest BCUT2D eigenvalue weighted by Gasteiger charge is 2.31. The Kier molecular flexibility index (Phi) is 5.83. The number of likely N-dealkylation sites (N-methyl/N-ethyl adjacent to an activating group) is 1. The smallest absolute Gasteiger partial charge is 0.228 e. The molecule has 0 unspecified atom stereocenters. The zero-order valence-electron chi connectivity index (χ0n) is 18.4. The standard InChI is InChI=1S/C21H30N8O/c1-6-30-10-9-29-19-18(15(3)26-29)24-21(28-12-16(13-28)27(4)5)25-20(19)23-17-11-14(2)7-8-22-17/h7-8,11,16H,6,9-10,12-13H2,1-5H3,(H,22,23,24,25). The summed E-state index contributed by atoms with van der Waals surface area (Å²) < 4.78 is 7.48. The molecule has 0 spiro atoms. The number of aryl methyl sites for hydroxylation is 2. The van der Waals surface area contributed by atoms with Crippen LogP contribution < -0.4 is 10.2 Å². The summed E-state index contributed by atoms with van der Waals surface area (Å²) in [7, 11) is 4.21. The number of ether oxygens (including phenoxy) is 1. The highest BCUT2D eigenvalue weighted by molar-refractivity contribution is 5.90. The number of rotatable bonds is 8. The molecule has 0 aromatic carbocycles. The zero-order valence-corrected chi connectivity index (χ0v) is 18.4. The number of hydrogen-bond donors (Lipinski definition) is 1. The molecule has 30 heavy (non-hydrogen) atoms. The van der Waals surface area contributed by atoms with Gasteiger partial charge in [0.25, 0.3) is 0 Å². The number of nitrogens with one attached hydrogen (secondary N) is 1. The summed E-state index contributed by atoms with van der Waals surface area (Å²) in [6, 6.07) is 4.51. The monoisotopic (exact) mass is 410 g/mol. The van der Waals surface area contributed by atoms with E-state index in [1.807, 2.05) is 37.6 Å². The molecule has 1 saturated heterocycles. The van der Waals surface area contributed by atoms with Gasteiger partial charge >= 0.3 is 0 Å². The topological polar surface area (TPSA) is 84.2 Å². The third kappa shape index (κ3) is 4.08. The van der Waals surface area contributed by atoms with E-state index in [4.69, 9.17) is 19.8 Å². The molecule has 0 radical (unpaired) electrons. The molecule has 4 rings (SSSR count). The molecule has 160 valence electrons. The fourth-order valence-corrected chi connectivity index (χ4v) is 3.58. The Bertz CT molecular complexity index is 1030. The van der Waals surface area contributed by atoms with Gasteiger partial charge in [0.2, 0.25) is 5.95 Å². The lowest BCUT2D eigenvalue weighted by atomic mass is 10.1. The third-order valence-corrected chi connectivity index (χ3v) is 5.43. The second-order valence-corrected chi connectivity index (χ2v) is 7.94. The minimum Gasteiger partial charge on any atom is -0.380 e. The van der Waals surface area contributed by atoms with Crippen molar-refractivity contribution in [3.8, 4) is 0 Å². The second-order valence-electron chi connectivity index (χ2n) is 7.94. The predicted octanol–water partition coefficient (Wildman–Crippen LogP) is 2.37. The van der Waals surface area contributed by atoms with Crippen LogP contribution in [0.5, 0.6) is 0 Å². The quantitative estimate of drug-likeness (QED) is 0.567. The Morgan fingerprint density at radius 1 is 1.23 bits per heavy atom. The van der Waals surface area contributed by atoms with Crippen molar-refractivity contribution in [2.75, 3.05) is 50.6 Å². The maximum Gasteiger partial charge on any atom is 0.228 e. The van der Waals surface area contributed by atoms with Crippen molar-refractivity contribution in [1.82, 2.24) is 29.6 Å². The number of hydrogen-bond acceptors (Lipinski definition) is 8. The van der Waals surface area contributed by atoms with Crippen LogP contribution in [0.1, 0.15) is 18.2 Å². The van der Waals surface area contributed by atoms with Gasteiger partial charge in [0, 0.05) is 31.9 Å². The minimum atomic E-state index is 0.522. The van der Waals surface area contributed by atoms with Crippen LogP contribution in [0.25, 0.3) is 11.0 Å². The van der Waals surface area contributed by atoms with Gasteiger partial charge < -0.3 is 19.9 Å². The summed E-state index contributed by atoms with van der Waals surface area (Å²) in [4.78, 5) is 18.7. The third-order valence-electron chi connectivity index (χ3n) is 5.43. The first-order chi connectivity index (χ1) is 14.5. The SMILES string of the molecule is CCOCCn1nc(C)c2nc(N3CC(N(C)C)C3)nc(Nc3cc(C)ccn3)c21. The van der Waals surface area contributed by atoms with Gasteiger partial charge in [-0.1, -0.05) is 0 Å². The van der Waals surface area contributed by atoms with Crippen LogP contribution >= 0.6 is 0 Å². The van der Waals surface area contributed by atoms with Crippen molar-refractivity contribution in [3.05, 3.63) is 29.6 Å². The molecule has 9 heteroatoms. The van der Waals surface area contributed by atoms with E-state index in [2.05, 4.69) is 34.2 Å². The average molecular weight is 411 g/mol. The van der Waals surface area contributed by atoms with Gasteiger partial charge in [-0.2, -0.15) is 10.1 Å². The van der Waals surface area contributed by atoms with Gasteiger partial charge in [0.15, 0.2) is 5.82 Å². The summed E-state index contributed by atoms with van der Waals surface area (Å²) >= 11 is 0. The van der Waals surface area contributed by atoms with E-state index in [1.165, 1.54) is 0 Å². The molecule has 1 aliphatic heterocycles. The molecule has 4 heterocycles. The van der Waals surface area contributed by atoms with Crippen LogP contribution in [-0.2, 0) is 11.3 Å². The van der Waals surface area contributed by atoms with E-state index in [0.29, 0.717) is 25.8 Å². The molecule has 0 saturated carbocycles. The van der Waals surface area contributed by atoms with E-state index >= 15 is 0 Å². The maximum absolute atomic E-state index is 5.54. The van der Waals surface area contributed by atoms with E-state index in [0.717, 1.165) is 53.0 Å². The van der Waals surface area contributed by atoms with Crippen LogP contribution in [0.4, 0.5) is 17.6 Å². The molecule has 3 aromatic rings. The molecular weight excluding hydrogens is 380 g/mol. The Morgan fingerprint density at radius 3 is 2.73 bits per heavy atom. The molecule has 9 nitrogen and oxygen atoms in total. The van der Waals surface area contributed by atoms with Crippen molar-refractivity contribution in [2.45, 2.75) is 33.4 Å². The highest BCUT2D eigenvalue weighted by atomic mass is 16.5. The van der Waals surface area contributed by atoms with Crippen LogP contribution in [0.15, 0.2) is 18.3 Å². The Morgan fingerprint density at radius 2 is 2.03 bits per heavy atom. The predicted molar refractivity (Wildman–Crippen MR) is 118 cm³/mol. The normalized spacial score (nSPS) is 14.5. The number of aromatic nitrogens is 5. The summed E-state index contributed by atoms with van der Waals surface area (Å²) in [5.41, 5.74) is 3.76. The Hall–Kier alpha value is -2.78. The van der Waals surface area contributed by atoms with Gasteiger partial charge in [-0.3, -0.25) is 4.68 Å². The molecule has 0 amide bonds. The van der Waals surface area contributed by atoms with Gasteiger partial charge in [-0.15, -0.1) is 0 Å². The fourth-order valence-electron chi connectivity index (χ4n) is 3.58. The van der Waals surface area contributed by atoms with Crippen molar-refractivity contribution in [2.24, 2.45) is 0 Å². The molecule has 0 aliphatic carbocycles. The van der Waals surface area contributed by atoms with Crippen molar-refractivity contribution < 1.29 is 4.74 Å². The first-order valence-corrected chi connectivity index (χ1v) is 10.4. The number of nitrogens with zero attached hydrogens (tertiary/aromatic N) is 7. The van der Waals surface area contributed by atoms with Crippen molar-refractivity contribution in [3.63, 3.8) is 0 Å². The Balaban J connectivity index is 1.73. The molecular formula is C21H30N8O. The zero-order chi connectivity index (χ0) is 21.3. The summed E-state index contributed by atoms with van der Waals surface area (Å²) in [5.74, 6) is 2.20. The number of anilines is 3. The van der Waals surface area contributed by atoms with Crippen LogP contribution in [-0.4, -0.2) is 76.1 Å². The summed E-state index contributed by atoms with van der Waals surface area (Å²) in [6.07, 6.45) is 1.80. The van der Waals surface area contributed by atoms with E-state index in [1.54, 1.807) is 6.20 Å². The molecule has 3 aromatic heterocycles. The van der Waals surface area contributed by atoms with Gasteiger partial charge in [-0.25, -0.2) is 9.97 Å². The summed E-state index contributed by atoms with van der Waals surface area (Å²) in [5, 5.41) is 8.12. The highest BCUT2D eigenvalue weighted by Crippen LogP contribution is 2.30. The largest absolute Gasteiger partial charge is 0.380 e. The van der Waals surface area contributed by atoms with Gasteiger partial charge in [0.1, 0.15) is 16.9 Å².